The van der Waals surface area contributed by atoms with Gasteiger partial charge in [0.05, 0.1) is 32.1 Å². The van der Waals surface area contributed by atoms with Gasteiger partial charge < -0.3 is 18.8 Å². The third kappa shape index (κ3) is 4.19. The first-order valence-electron chi connectivity index (χ1n) is 9.43. The molecular formula is C24H25NO4. The molecule has 0 spiro atoms. The first-order valence-corrected chi connectivity index (χ1v) is 9.43. The van der Waals surface area contributed by atoms with Gasteiger partial charge in [0, 0.05) is 12.2 Å². The Kier molecular flexibility index (Phi) is 6.39. The molecule has 0 fully saturated rings. The molecule has 1 heterocycles. The topological polar surface area (TPSA) is 49.7 Å². The third-order valence-electron chi connectivity index (χ3n) is 4.65. The zero-order valence-corrected chi connectivity index (χ0v) is 17.0. The smallest absolute Gasteiger partial charge is 0.340 e. The van der Waals surface area contributed by atoms with E-state index in [1.54, 1.807) is 21.1 Å². The minimum atomic E-state index is -0.351. The lowest BCUT2D eigenvalue weighted by molar-refractivity contribution is 0.0527. The number of carbonyl (C=O) groups is 1. The minimum absolute atomic E-state index is 0.311. The van der Waals surface area contributed by atoms with Gasteiger partial charge in [-0.15, -0.1) is 6.58 Å². The normalized spacial score (nSPS) is 10.4. The average Bonchev–Trinajstić information content (AvgIpc) is 3.13. The van der Waals surface area contributed by atoms with Gasteiger partial charge in [0.25, 0.3) is 0 Å². The highest BCUT2D eigenvalue weighted by molar-refractivity contribution is 5.99. The Balaban J connectivity index is 2.22. The molecule has 0 saturated heterocycles. The van der Waals surface area contributed by atoms with E-state index in [1.165, 1.54) is 0 Å². The molecule has 3 rings (SSSR count). The van der Waals surface area contributed by atoms with Crippen LogP contribution in [0.15, 0.2) is 67.3 Å². The molecule has 0 radical (unpaired) electrons. The predicted octanol–water partition coefficient (Wildman–Crippen LogP) is 5.20. The summed E-state index contributed by atoms with van der Waals surface area (Å²) >= 11 is 0. The Morgan fingerprint density at radius 1 is 0.966 bits per heavy atom. The zero-order chi connectivity index (χ0) is 20.8. The van der Waals surface area contributed by atoms with Gasteiger partial charge in [-0.2, -0.15) is 0 Å². The van der Waals surface area contributed by atoms with Crippen LogP contribution in [0.1, 0.15) is 17.3 Å². The second-order valence-electron chi connectivity index (χ2n) is 6.37. The quantitative estimate of drug-likeness (QED) is 0.391. The van der Waals surface area contributed by atoms with E-state index in [2.05, 4.69) is 11.1 Å². The Bertz CT molecular complexity index is 985. The van der Waals surface area contributed by atoms with Crippen LogP contribution in [0.25, 0.3) is 22.5 Å². The lowest BCUT2D eigenvalue weighted by Gasteiger charge is -2.14. The molecule has 0 N–H and O–H groups in total. The Morgan fingerprint density at radius 3 is 2.00 bits per heavy atom. The number of nitrogens with zero attached hydrogens (tertiary/aromatic N) is 1. The number of esters is 1. The first kappa shape index (κ1) is 20.3. The molecule has 0 atom stereocenters. The molecule has 0 bridgehead atoms. The van der Waals surface area contributed by atoms with E-state index in [0.29, 0.717) is 18.7 Å². The van der Waals surface area contributed by atoms with Gasteiger partial charge in [-0.25, -0.2) is 4.79 Å². The Morgan fingerprint density at radius 2 is 1.52 bits per heavy atom. The van der Waals surface area contributed by atoms with Crippen LogP contribution >= 0.6 is 0 Å². The molecule has 29 heavy (non-hydrogen) atoms. The Hall–Kier alpha value is -3.47. The SMILES string of the molecule is C=CCn1c(-c2ccc(OC)cc2)cc(C(=O)OCC)c1-c1ccc(OC)cc1. The summed E-state index contributed by atoms with van der Waals surface area (Å²) in [4.78, 5) is 12.8. The summed E-state index contributed by atoms with van der Waals surface area (Å²) < 4.78 is 17.9. The summed E-state index contributed by atoms with van der Waals surface area (Å²) in [6, 6.07) is 17.3. The summed E-state index contributed by atoms with van der Waals surface area (Å²) in [5, 5.41) is 0. The molecule has 0 aliphatic heterocycles. The van der Waals surface area contributed by atoms with Crippen LogP contribution < -0.4 is 9.47 Å². The number of hydrogen-bond donors (Lipinski definition) is 0. The molecule has 5 heteroatoms. The molecule has 0 unspecified atom stereocenters. The number of aromatic nitrogens is 1. The third-order valence-corrected chi connectivity index (χ3v) is 4.65. The van der Waals surface area contributed by atoms with Crippen molar-refractivity contribution in [2.24, 2.45) is 0 Å². The maximum atomic E-state index is 12.8. The molecule has 1 aromatic heterocycles. The van der Waals surface area contributed by atoms with Crippen molar-refractivity contribution in [2.45, 2.75) is 13.5 Å². The van der Waals surface area contributed by atoms with E-state index in [0.717, 1.165) is 34.0 Å². The molecule has 0 amide bonds. The van der Waals surface area contributed by atoms with Crippen molar-refractivity contribution in [1.82, 2.24) is 4.57 Å². The van der Waals surface area contributed by atoms with Gasteiger partial charge in [0.15, 0.2) is 0 Å². The molecule has 150 valence electrons. The maximum Gasteiger partial charge on any atom is 0.340 e. The fourth-order valence-corrected chi connectivity index (χ4v) is 3.29. The lowest BCUT2D eigenvalue weighted by Crippen LogP contribution is -2.07. The number of allylic oxidation sites excluding steroid dienone is 1. The van der Waals surface area contributed by atoms with E-state index in [4.69, 9.17) is 14.2 Å². The first-order chi connectivity index (χ1) is 14.1. The molecule has 5 nitrogen and oxygen atoms in total. The number of hydrogen-bond acceptors (Lipinski definition) is 4. The highest BCUT2D eigenvalue weighted by atomic mass is 16.5. The highest BCUT2D eigenvalue weighted by Gasteiger charge is 2.23. The summed E-state index contributed by atoms with van der Waals surface area (Å²) in [7, 11) is 3.26. The van der Waals surface area contributed by atoms with Crippen molar-refractivity contribution in [2.75, 3.05) is 20.8 Å². The van der Waals surface area contributed by atoms with Gasteiger partial charge in [0.2, 0.25) is 0 Å². The van der Waals surface area contributed by atoms with Gasteiger partial charge in [-0.1, -0.05) is 6.08 Å². The lowest BCUT2D eigenvalue weighted by atomic mass is 10.1. The largest absolute Gasteiger partial charge is 0.497 e. The van der Waals surface area contributed by atoms with Crippen molar-refractivity contribution >= 4 is 5.97 Å². The van der Waals surface area contributed by atoms with Crippen molar-refractivity contribution < 1.29 is 19.0 Å². The summed E-state index contributed by atoms with van der Waals surface area (Å²) in [6.45, 7) is 6.55. The fourth-order valence-electron chi connectivity index (χ4n) is 3.29. The van der Waals surface area contributed by atoms with Crippen LogP contribution in [-0.2, 0) is 11.3 Å². The minimum Gasteiger partial charge on any atom is -0.497 e. The van der Waals surface area contributed by atoms with Crippen LogP contribution in [0, 0.1) is 0 Å². The van der Waals surface area contributed by atoms with Gasteiger partial charge in [-0.3, -0.25) is 0 Å². The van der Waals surface area contributed by atoms with Crippen molar-refractivity contribution in [3.63, 3.8) is 0 Å². The summed E-state index contributed by atoms with van der Waals surface area (Å²) in [5.74, 6) is 1.18. The standard InChI is InChI=1S/C24H25NO4/c1-5-15-25-22(17-7-11-19(27-3)12-8-17)16-21(24(26)29-6-2)23(25)18-9-13-20(28-4)14-10-18/h5,7-14,16H,1,6,15H2,2-4H3. The Labute approximate surface area is 171 Å². The van der Waals surface area contributed by atoms with Crippen molar-refractivity contribution in [1.29, 1.82) is 0 Å². The molecule has 3 aromatic rings. The van der Waals surface area contributed by atoms with Crippen molar-refractivity contribution in [3.8, 4) is 34.0 Å². The second kappa shape index (κ2) is 9.15. The average molecular weight is 391 g/mol. The van der Waals surface area contributed by atoms with Crippen LogP contribution in [0.3, 0.4) is 0 Å². The molecule has 0 saturated carbocycles. The van der Waals surface area contributed by atoms with Crippen LogP contribution in [0.5, 0.6) is 11.5 Å². The number of ether oxygens (including phenoxy) is 3. The van der Waals surface area contributed by atoms with E-state index < -0.39 is 0 Å². The molecular weight excluding hydrogens is 366 g/mol. The van der Waals surface area contributed by atoms with Gasteiger partial charge in [0.1, 0.15) is 11.5 Å². The molecule has 0 aliphatic rings. The predicted molar refractivity (Wildman–Crippen MR) is 115 cm³/mol. The van der Waals surface area contributed by atoms with Crippen LogP contribution in [0.4, 0.5) is 0 Å². The fraction of sp³-hybridized carbons (Fsp3) is 0.208. The van der Waals surface area contributed by atoms with Crippen molar-refractivity contribution in [3.05, 3.63) is 72.8 Å². The monoisotopic (exact) mass is 391 g/mol. The van der Waals surface area contributed by atoms with E-state index in [1.807, 2.05) is 60.7 Å². The summed E-state index contributed by atoms with van der Waals surface area (Å²) in [5.41, 5.74) is 4.08. The maximum absolute atomic E-state index is 12.8. The molecule has 0 aliphatic carbocycles. The summed E-state index contributed by atoms with van der Waals surface area (Å²) in [6.07, 6.45) is 1.81. The van der Waals surface area contributed by atoms with E-state index in [-0.39, 0.29) is 5.97 Å². The van der Waals surface area contributed by atoms with Gasteiger partial charge >= 0.3 is 5.97 Å². The van der Waals surface area contributed by atoms with Crippen LogP contribution in [-0.4, -0.2) is 31.4 Å². The van der Waals surface area contributed by atoms with E-state index in [9.17, 15) is 4.79 Å². The number of rotatable bonds is 8. The van der Waals surface area contributed by atoms with Crippen LogP contribution in [0.2, 0.25) is 0 Å². The second-order valence-corrected chi connectivity index (χ2v) is 6.37. The van der Waals surface area contributed by atoms with Gasteiger partial charge in [-0.05, 0) is 72.6 Å². The molecule has 2 aromatic carbocycles. The zero-order valence-electron chi connectivity index (χ0n) is 17.0. The number of methoxy groups -OCH3 is 2. The highest BCUT2D eigenvalue weighted by Crippen LogP contribution is 2.35. The number of benzene rings is 2. The van der Waals surface area contributed by atoms with E-state index >= 15 is 0 Å². The number of carbonyl (C=O) groups excluding carboxylic acids is 1.